The molecule has 1 fully saturated rings. The first-order valence-corrected chi connectivity index (χ1v) is 11.7. The molecule has 0 radical (unpaired) electrons. The molecule has 0 atom stereocenters. The second-order valence-electron chi connectivity index (χ2n) is 8.33. The van der Waals surface area contributed by atoms with E-state index < -0.39 is 0 Å². The molecule has 182 valence electrons. The molecule has 0 spiro atoms. The van der Waals surface area contributed by atoms with Crippen LogP contribution in [0.4, 0.5) is 0 Å². The highest BCUT2D eigenvalue weighted by Gasteiger charge is 2.18. The lowest BCUT2D eigenvalue weighted by Crippen LogP contribution is -2.38. The van der Waals surface area contributed by atoms with E-state index >= 15 is 0 Å². The molecule has 0 aliphatic carbocycles. The monoisotopic (exact) mass is 566 g/mol. The van der Waals surface area contributed by atoms with Gasteiger partial charge in [0.1, 0.15) is 12.4 Å². The number of hydrogen-bond acceptors (Lipinski definition) is 4. The quantitative estimate of drug-likeness (QED) is 0.263. The fourth-order valence-electron chi connectivity index (χ4n) is 3.92. The van der Waals surface area contributed by atoms with Crippen LogP contribution in [0.2, 0.25) is 0 Å². The smallest absolute Gasteiger partial charge is 0.194 e. The highest BCUT2D eigenvalue weighted by Crippen LogP contribution is 2.16. The lowest BCUT2D eigenvalue weighted by atomic mass is 10.1. The Morgan fingerprint density at radius 2 is 1.79 bits per heavy atom. The van der Waals surface area contributed by atoms with Crippen LogP contribution >= 0.6 is 24.0 Å². The minimum atomic E-state index is 0. The Bertz CT molecular complexity index is 828. The summed E-state index contributed by atoms with van der Waals surface area (Å²) in [5.41, 5.74) is 2.41. The molecule has 0 aromatic heterocycles. The van der Waals surface area contributed by atoms with E-state index in [1.807, 2.05) is 18.2 Å². The third kappa shape index (κ3) is 9.51. The summed E-state index contributed by atoms with van der Waals surface area (Å²) in [6.07, 6.45) is 2.22. The molecule has 7 heteroatoms. The van der Waals surface area contributed by atoms with Gasteiger partial charge in [-0.25, -0.2) is 4.99 Å². The Hall–Kier alpha value is -1.84. The van der Waals surface area contributed by atoms with Crippen molar-refractivity contribution in [3.8, 4) is 5.75 Å². The average Bonchev–Trinajstić information content (AvgIpc) is 2.83. The molecule has 0 unspecified atom stereocenters. The molecule has 0 saturated carbocycles. The SMILES string of the molecule is CCNC(=NCc1cccc(OCCN(C)C2CCOCC2)c1)N(C)Cc1ccccc1.I. The topological polar surface area (TPSA) is 49.3 Å². The summed E-state index contributed by atoms with van der Waals surface area (Å²) in [5.74, 6) is 1.81. The van der Waals surface area contributed by atoms with Gasteiger partial charge in [0, 0.05) is 45.9 Å². The molecule has 0 amide bonds. The van der Waals surface area contributed by atoms with E-state index in [0.29, 0.717) is 19.2 Å². The Kier molecular flexibility index (Phi) is 12.6. The summed E-state index contributed by atoms with van der Waals surface area (Å²) in [7, 11) is 4.25. The van der Waals surface area contributed by atoms with Crippen molar-refractivity contribution < 1.29 is 9.47 Å². The van der Waals surface area contributed by atoms with E-state index in [-0.39, 0.29) is 24.0 Å². The second-order valence-corrected chi connectivity index (χ2v) is 8.33. The molecule has 0 bridgehead atoms. The molecular weight excluding hydrogens is 527 g/mol. The van der Waals surface area contributed by atoms with Gasteiger partial charge in [0.25, 0.3) is 0 Å². The van der Waals surface area contributed by atoms with Gasteiger partial charge in [-0.15, -0.1) is 24.0 Å². The number of hydrogen-bond donors (Lipinski definition) is 1. The van der Waals surface area contributed by atoms with Gasteiger partial charge in [-0.3, -0.25) is 4.90 Å². The summed E-state index contributed by atoms with van der Waals surface area (Å²) in [6.45, 7) is 7.70. The van der Waals surface area contributed by atoms with Crippen LogP contribution in [0.5, 0.6) is 5.75 Å². The highest BCUT2D eigenvalue weighted by atomic mass is 127. The normalized spacial score (nSPS) is 14.6. The molecular formula is C26H39IN4O2. The molecule has 1 aliphatic rings. The number of ether oxygens (including phenoxy) is 2. The highest BCUT2D eigenvalue weighted by molar-refractivity contribution is 14.0. The second kappa shape index (κ2) is 15.1. The zero-order valence-electron chi connectivity index (χ0n) is 20.2. The molecule has 1 saturated heterocycles. The average molecular weight is 567 g/mol. The Balaban J connectivity index is 0.00000385. The Labute approximate surface area is 216 Å². The van der Waals surface area contributed by atoms with E-state index in [2.05, 4.69) is 72.5 Å². The van der Waals surface area contributed by atoms with Crippen molar-refractivity contribution in [1.29, 1.82) is 0 Å². The summed E-state index contributed by atoms with van der Waals surface area (Å²) in [4.78, 5) is 9.40. The molecule has 1 N–H and O–H groups in total. The van der Waals surface area contributed by atoms with E-state index in [1.165, 1.54) is 5.56 Å². The third-order valence-corrected chi connectivity index (χ3v) is 5.80. The summed E-state index contributed by atoms with van der Waals surface area (Å²) >= 11 is 0. The van der Waals surface area contributed by atoms with Crippen LogP contribution in [0.1, 0.15) is 30.9 Å². The fourth-order valence-corrected chi connectivity index (χ4v) is 3.92. The van der Waals surface area contributed by atoms with E-state index in [1.54, 1.807) is 0 Å². The zero-order chi connectivity index (χ0) is 22.6. The van der Waals surface area contributed by atoms with Crippen molar-refractivity contribution in [2.75, 3.05) is 47.0 Å². The molecule has 3 rings (SSSR count). The number of nitrogens with one attached hydrogen (secondary N) is 1. The number of likely N-dealkylation sites (N-methyl/N-ethyl adjacent to an activating group) is 1. The van der Waals surface area contributed by atoms with Crippen molar-refractivity contribution in [3.63, 3.8) is 0 Å². The molecule has 1 heterocycles. The van der Waals surface area contributed by atoms with Gasteiger partial charge < -0.3 is 19.7 Å². The predicted molar refractivity (Wildman–Crippen MR) is 147 cm³/mol. The van der Waals surface area contributed by atoms with Crippen LogP contribution in [0.25, 0.3) is 0 Å². The maximum Gasteiger partial charge on any atom is 0.194 e. The van der Waals surface area contributed by atoms with Crippen LogP contribution < -0.4 is 10.1 Å². The first-order chi connectivity index (χ1) is 15.7. The summed E-state index contributed by atoms with van der Waals surface area (Å²) in [5, 5.41) is 3.40. The molecule has 1 aliphatic heterocycles. The molecule has 33 heavy (non-hydrogen) atoms. The van der Waals surface area contributed by atoms with Gasteiger partial charge in [-0.05, 0) is 50.1 Å². The lowest BCUT2D eigenvalue weighted by Gasteiger charge is -2.31. The Morgan fingerprint density at radius 3 is 2.52 bits per heavy atom. The number of benzene rings is 2. The first-order valence-electron chi connectivity index (χ1n) is 11.7. The zero-order valence-corrected chi connectivity index (χ0v) is 22.5. The fraction of sp³-hybridized carbons (Fsp3) is 0.500. The van der Waals surface area contributed by atoms with E-state index in [9.17, 15) is 0 Å². The largest absolute Gasteiger partial charge is 0.492 e. The number of guanidine groups is 1. The van der Waals surface area contributed by atoms with Crippen molar-refractivity contribution in [3.05, 3.63) is 65.7 Å². The van der Waals surface area contributed by atoms with Gasteiger partial charge in [0.2, 0.25) is 0 Å². The summed E-state index contributed by atoms with van der Waals surface area (Å²) in [6, 6.07) is 19.3. The predicted octanol–water partition coefficient (Wildman–Crippen LogP) is 4.39. The van der Waals surface area contributed by atoms with Crippen LogP contribution in [0.15, 0.2) is 59.6 Å². The lowest BCUT2D eigenvalue weighted by molar-refractivity contribution is 0.0392. The molecule has 2 aromatic carbocycles. The molecule has 6 nitrogen and oxygen atoms in total. The first kappa shape index (κ1) is 27.4. The van der Waals surface area contributed by atoms with E-state index in [0.717, 1.165) is 63.0 Å². The number of halogens is 1. The van der Waals surface area contributed by atoms with E-state index in [4.69, 9.17) is 14.5 Å². The van der Waals surface area contributed by atoms with Crippen molar-refractivity contribution in [2.45, 2.75) is 38.9 Å². The third-order valence-electron chi connectivity index (χ3n) is 5.80. The number of aliphatic imine (C=N–C) groups is 1. The maximum absolute atomic E-state index is 6.04. The van der Waals surface area contributed by atoms with Gasteiger partial charge in [-0.2, -0.15) is 0 Å². The Morgan fingerprint density at radius 1 is 1.06 bits per heavy atom. The van der Waals surface area contributed by atoms with Crippen molar-refractivity contribution in [1.82, 2.24) is 15.1 Å². The van der Waals surface area contributed by atoms with Gasteiger partial charge in [0.15, 0.2) is 5.96 Å². The van der Waals surface area contributed by atoms with Crippen LogP contribution in [0.3, 0.4) is 0 Å². The van der Waals surface area contributed by atoms with Gasteiger partial charge in [0.05, 0.1) is 6.54 Å². The summed E-state index contributed by atoms with van der Waals surface area (Å²) < 4.78 is 11.5. The van der Waals surface area contributed by atoms with Crippen molar-refractivity contribution in [2.24, 2.45) is 4.99 Å². The number of rotatable bonds is 10. The minimum absolute atomic E-state index is 0. The van der Waals surface area contributed by atoms with Crippen molar-refractivity contribution >= 4 is 29.9 Å². The number of nitrogens with zero attached hydrogens (tertiary/aromatic N) is 3. The van der Waals surface area contributed by atoms with Gasteiger partial charge in [-0.1, -0.05) is 42.5 Å². The minimum Gasteiger partial charge on any atom is -0.492 e. The molecule has 2 aromatic rings. The van der Waals surface area contributed by atoms with Gasteiger partial charge >= 0.3 is 0 Å². The van der Waals surface area contributed by atoms with Crippen LogP contribution in [-0.2, 0) is 17.8 Å². The standard InChI is InChI=1S/C26H38N4O2.HI/c1-4-27-26(30(3)21-22-9-6-5-7-10-22)28-20-23-11-8-12-25(19-23)32-18-15-29(2)24-13-16-31-17-14-24;/h5-12,19,24H,4,13-18,20-21H2,1-3H3,(H,27,28);1H. The van der Waals surface area contributed by atoms with Crippen LogP contribution in [-0.4, -0.2) is 68.8 Å². The maximum atomic E-state index is 6.04. The van der Waals surface area contributed by atoms with Crippen LogP contribution in [0, 0.1) is 0 Å².